The maximum atomic E-state index is 12.9. The molecule has 3 N–H and O–H groups in total. The molecule has 2 amide bonds. The van der Waals surface area contributed by atoms with Crippen LogP contribution in [0.15, 0.2) is 48.5 Å². The topological polar surface area (TPSA) is 105 Å². The van der Waals surface area contributed by atoms with Crippen LogP contribution in [-0.2, 0) is 14.3 Å². The monoisotopic (exact) mass is 476 g/mol. The molecule has 3 atom stereocenters. The zero-order valence-electron chi connectivity index (χ0n) is 18.0. The minimum atomic E-state index is -5.13. The summed E-state index contributed by atoms with van der Waals surface area (Å²) < 4.78 is 44.1. The van der Waals surface area contributed by atoms with Crippen LogP contribution in [0.5, 0.6) is 0 Å². The van der Waals surface area contributed by atoms with Gasteiger partial charge < -0.3 is 20.5 Å². The highest BCUT2D eigenvalue weighted by Crippen LogP contribution is 2.44. The lowest BCUT2D eigenvalue weighted by atomic mass is 9.98. The summed E-state index contributed by atoms with van der Waals surface area (Å²) in [5.74, 6) is -4.40. The molecule has 0 aromatic heterocycles. The van der Waals surface area contributed by atoms with Gasteiger partial charge in [-0.05, 0) is 35.1 Å². The Labute approximate surface area is 193 Å². The molecule has 2 aliphatic carbocycles. The second-order valence-electron chi connectivity index (χ2n) is 8.44. The van der Waals surface area contributed by atoms with E-state index in [2.05, 4.69) is 5.32 Å². The maximum absolute atomic E-state index is 12.9. The molecule has 7 nitrogen and oxygen atoms in total. The number of carboxylic acids is 1. The number of fused-ring (bicyclic) bond motifs is 3. The lowest BCUT2D eigenvalue weighted by molar-refractivity contribution is -0.182. The first-order chi connectivity index (χ1) is 16.2. The predicted molar refractivity (Wildman–Crippen MR) is 115 cm³/mol. The number of carbonyl (C=O) groups excluding carboxylic acids is 2. The molecule has 2 aromatic carbocycles. The second-order valence-corrected chi connectivity index (χ2v) is 8.44. The van der Waals surface area contributed by atoms with E-state index in [9.17, 15) is 27.6 Å². The molecule has 0 saturated heterocycles. The van der Waals surface area contributed by atoms with Crippen molar-refractivity contribution in [1.82, 2.24) is 10.6 Å². The quantitative estimate of drug-likeness (QED) is 0.588. The van der Waals surface area contributed by atoms with Crippen molar-refractivity contribution in [3.05, 3.63) is 59.7 Å². The Balaban J connectivity index is 1.38. The molecule has 1 unspecified atom stereocenters. The van der Waals surface area contributed by atoms with E-state index < -0.39 is 42.1 Å². The standard InChI is InChI=1S/C24H23F3N2O5/c25-24(26,27)20(22(31)32)29-21(30)17-10-5-11-19(17)28-23(33)34-12-18-15-8-3-1-6-13(15)14-7-2-4-9-16(14)18/h1-4,6-9,17-20H,5,10-12H2,(H,28,33)(H,29,30)(H,31,32)/t17-,19+,20?/m1/s1. The minimum Gasteiger partial charge on any atom is -0.479 e. The second kappa shape index (κ2) is 9.36. The van der Waals surface area contributed by atoms with Crippen molar-refractivity contribution >= 4 is 18.0 Å². The summed E-state index contributed by atoms with van der Waals surface area (Å²) in [4.78, 5) is 35.8. The third-order valence-electron chi connectivity index (χ3n) is 6.36. The van der Waals surface area contributed by atoms with Crippen LogP contribution in [0.1, 0.15) is 36.3 Å². The molecule has 34 heavy (non-hydrogen) atoms. The summed E-state index contributed by atoms with van der Waals surface area (Å²) in [5, 5.41) is 12.9. The van der Waals surface area contributed by atoms with Gasteiger partial charge in [-0.3, -0.25) is 4.79 Å². The van der Waals surface area contributed by atoms with E-state index in [1.807, 2.05) is 48.5 Å². The summed E-state index contributed by atoms with van der Waals surface area (Å²) in [7, 11) is 0. The van der Waals surface area contributed by atoms with Crippen LogP contribution >= 0.6 is 0 Å². The van der Waals surface area contributed by atoms with Gasteiger partial charge in [-0.1, -0.05) is 55.0 Å². The molecule has 0 aliphatic heterocycles. The molecule has 10 heteroatoms. The van der Waals surface area contributed by atoms with E-state index in [0.29, 0.717) is 12.8 Å². The average molecular weight is 476 g/mol. The van der Waals surface area contributed by atoms with Crippen molar-refractivity contribution < 1.29 is 37.4 Å². The third-order valence-corrected chi connectivity index (χ3v) is 6.36. The van der Waals surface area contributed by atoms with Gasteiger partial charge >= 0.3 is 18.2 Å². The Bertz CT molecular complexity index is 1060. The lowest BCUT2D eigenvalue weighted by Crippen LogP contribution is -2.54. The molecule has 0 radical (unpaired) electrons. The number of carbonyl (C=O) groups is 3. The Morgan fingerprint density at radius 3 is 2.15 bits per heavy atom. The van der Waals surface area contributed by atoms with Crippen LogP contribution in [0.25, 0.3) is 11.1 Å². The SMILES string of the molecule is O=C(N[C@H]1CCC[C@H]1C(=O)NC(C(=O)O)C(F)(F)F)OCC1c2ccccc2-c2ccccc21. The highest BCUT2D eigenvalue weighted by atomic mass is 19.4. The van der Waals surface area contributed by atoms with Gasteiger partial charge in [-0.25, -0.2) is 9.59 Å². The van der Waals surface area contributed by atoms with Crippen LogP contribution in [0.4, 0.5) is 18.0 Å². The number of alkyl carbamates (subject to hydrolysis) is 1. The number of rotatable bonds is 6. The van der Waals surface area contributed by atoms with E-state index in [1.54, 1.807) is 5.32 Å². The third kappa shape index (κ3) is 4.71. The van der Waals surface area contributed by atoms with Gasteiger partial charge in [0.2, 0.25) is 11.9 Å². The van der Waals surface area contributed by atoms with E-state index in [0.717, 1.165) is 22.3 Å². The summed E-state index contributed by atoms with van der Waals surface area (Å²) in [6.45, 7) is 0.0542. The minimum absolute atomic E-state index is 0.0542. The van der Waals surface area contributed by atoms with E-state index in [-0.39, 0.29) is 18.9 Å². The van der Waals surface area contributed by atoms with Gasteiger partial charge in [0.25, 0.3) is 0 Å². The number of aliphatic carboxylic acids is 1. The number of hydrogen-bond acceptors (Lipinski definition) is 4. The fourth-order valence-electron chi connectivity index (χ4n) is 4.77. The molecule has 0 spiro atoms. The largest absolute Gasteiger partial charge is 0.479 e. The molecular weight excluding hydrogens is 453 g/mol. The first kappa shape index (κ1) is 23.6. The van der Waals surface area contributed by atoms with Gasteiger partial charge in [0, 0.05) is 12.0 Å². The Morgan fingerprint density at radius 2 is 1.59 bits per heavy atom. The van der Waals surface area contributed by atoms with E-state index >= 15 is 0 Å². The predicted octanol–water partition coefficient (Wildman–Crippen LogP) is 3.83. The van der Waals surface area contributed by atoms with Crippen molar-refractivity contribution in [2.24, 2.45) is 5.92 Å². The normalized spacial score (nSPS) is 20.2. The van der Waals surface area contributed by atoms with Gasteiger partial charge in [-0.15, -0.1) is 0 Å². The molecule has 2 aliphatic rings. The number of hydrogen-bond donors (Lipinski definition) is 3. The number of benzene rings is 2. The highest BCUT2D eigenvalue weighted by molar-refractivity contribution is 5.86. The van der Waals surface area contributed by atoms with E-state index in [1.165, 1.54) is 0 Å². The smallest absolute Gasteiger partial charge is 0.419 e. The van der Waals surface area contributed by atoms with Crippen LogP contribution in [0.2, 0.25) is 0 Å². The number of carboxylic acid groups (broad SMARTS) is 1. The van der Waals surface area contributed by atoms with Gasteiger partial charge in [0.15, 0.2) is 0 Å². The van der Waals surface area contributed by atoms with E-state index in [4.69, 9.17) is 9.84 Å². The first-order valence-corrected chi connectivity index (χ1v) is 10.9. The Hall–Kier alpha value is -3.56. The first-order valence-electron chi connectivity index (χ1n) is 10.9. The van der Waals surface area contributed by atoms with Gasteiger partial charge in [0.1, 0.15) is 6.61 Å². The number of ether oxygens (including phenoxy) is 1. The van der Waals surface area contributed by atoms with Crippen LogP contribution in [0.3, 0.4) is 0 Å². The van der Waals surface area contributed by atoms with Crippen molar-refractivity contribution in [2.45, 2.75) is 43.4 Å². The van der Waals surface area contributed by atoms with Crippen LogP contribution in [-0.4, -0.2) is 47.9 Å². The number of halogens is 3. The lowest BCUT2D eigenvalue weighted by Gasteiger charge is -2.24. The van der Waals surface area contributed by atoms with Crippen molar-refractivity contribution in [2.75, 3.05) is 6.61 Å². The number of alkyl halides is 3. The molecule has 1 saturated carbocycles. The number of amides is 2. The van der Waals surface area contributed by atoms with Crippen molar-refractivity contribution in [3.8, 4) is 11.1 Å². The Morgan fingerprint density at radius 1 is 1.00 bits per heavy atom. The van der Waals surface area contributed by atoms with Crippen LogP contribution < -0.4 is 10.6 Å². The summed E-state index contributed by atoms with van der Waals surface area (Å²) in [5.41, 5.74) is 4.19. The molecule has 0 heterocycles. The van der Waals surface area contributed by atoms with Gasteiger partial charge in [0.05, 0.1) is 5.92 Å². The average Bonchev–Trinajstić information content (AvgIpc) is 3.37. The van der Waals surface area contributed by atoms with Crippen molar-refractivity contribution in [1.29, 1.82) is 0 Å². The fourth-order valence-corrected chi connectivity index (χ4v) is 4.77. The summed E-state index contributed by atoms with van der Waals surface area (Å²) in [6.07, 6.45) is -4.82. The van der Waals surface area contributed by atoms with Crippen molar-refractivity contribution in [3.63, 3.8) is 0 Å². The molecule has 0 bridgehead atoms. The highest BCUT2D eigenvalue weighted by Gasteiger charge is 2.48. The van der Waals surface area contributed by atoms with Gasteiger partial charge in [-0.2, -0.15) is 13.2 Å². The molecule has 4 rings (SSSR count). The Kier molecular flexibility index (Phi) is 6.49. The summed E-state index contributed by atoms with van der Waals surface area (Å²) in [6, 6.07) is 11.9. The zero-order valence-corrected chi connectivity index (χ0v) is 18.0. The van der Waals surface area contributed by atoms with Crippen LogP contribution in [0, 0.1) is 5.92 Å². The summed E-state index contributed by atoms with van der Waals surface area (Å²) >= 11 is 0. The fraction of sp³-hybridized carbons (Fsp3) is 0.375. The molecular formula is C24H23F3N2O5. The number of nitrogens with one attached hydrogen (secondary N) is 2. The molecule has 1 fully saturated rings. The molecule has 2 aromatic rings. The zero-order chi connectivity index (χ0) is 24.5. The molecule has 180 valence electrons. The maximum Gasteiger partial charge on any atom is 0.419 e.